The van der Waals surface area contributed by atoms with Crippen LogP contribution in [0, 0.1) is 0 Å². The van der Waals surface area contributed by atoms with Gasteiger partial charge in [-0.2, -0.15) is 0 Å². The summed E-state index contributed by atoms with van der Waals surface area (Å²) in [5.41, 5.74) is -0.736. The van der Waals surface area contributed by atoms with Crippen LogP contribution in [0.3, 0.4) is 0 Å². The molecule has 0 spiro atoms. The van der Waals surface area contributed by atoms with Crippen LogP contribution in [0.15, 0.2) is 53.7 Å². The van der Waals surface area contributed by atoms with Crippen LogP contribution in [0.25, 0.3) is 0 Å². The van der Waals surface area contributed by atoms with Crippen molar-refractivity contribution in [2.45, 2.75) is 48.8 Å². The second-order valence-corrected chi connectivity index (χ2v) is 9.34. The fraction of sp³-hybridized carbons (Fsp3) is 0.524. The number of aliphatic hydroxyl groups is 1. The molecule has 0 atom stereocenters. The van der Waals surface area contributed by atoms with E-state index in [2.05, 4.69) is 0 Å². The van der Waals surface area contributed by atoms with Gasteiger partial charge in [0.25, 0.3) is 10.0 Å². The summed E-state index contributed by atoms with van der Waals surface area (Å²) >= 11 is 0. The monoisotopic (exact) mass is 437 g/mol. The van der Waals surface area contributed by atoms with Gasteiger partial charge in [-0.25, -0.2) is 12.4 Å². The van der Waals surface area contributed by atoms with Crippen molar-refractivity contribution in [3.05, 3.63) is 54.4 Å². The first-order valence-electron chi connectivity index (χ1n) is 10.2. The topological polar surface area (TPSA) is 96.2 Å². The predicted octanol–water partition coefficient (Wildman–Crippen LogP) is 2.22. The summed E-state index contributed by atoms with van der Waals surface area (Å²) in [6, 6.07) is 9.86. The van der Waals surface area contributed by atoms with Crippen LogP contribution in [-0.2, 0) is 34.6 Å². The van der Waals surface area contributed by atoms with Gasteiger partial charge in [-0.1, -0.05) is 18.2 Å². The lowest BCUT2D eigenvalue weighted by Crippen LogP contribution is -2.29. The summed E-state index contributed by atoms with van der Waals surface area (Å²) in [4.78, 5) is 0.191. The van der Waals surface area contributed by atoms with Crippen molar-refractivity contribution >= 4 is 10.0 Å². The molecule has 9 heteroatoms. The lowest BCUT2D eigenvalue weighted by Gasteiger charge is -2.29. The van der Waals surface area contributed by atoms with Gasteiger partial charge in [0.1, 0.15) is 0 Å². The highest BCUT2D eigenvalue weighted by Crippen LogP contribution is 2.35. The van der Waals surface area contributed by atoms with Gasteiger partial charge in [0.15, 0.2) is 12.6 Å². The molecule has 0 unspecified atom stereocenters. The molecule has 0 amide bonds. The van der Waals surface area contributed by atoms with Crippen LogP contribution in [-0.4, -0.2) is 56.5 Å². The minimum Gasteiger partial charge on any atom is -0.385 e. The average Bonchev–Trinajstić information content (AvgIpc) is 3.54. The molecule has 2 fully saturated rings. The molecule has 2 aliphatic rings. The smallest absolute Gasteiger partial charge is 0.267 e. The van der Waals surface area contributed by atoms with Crippen LogP contribution in [0.1, 0.15) is 31.2 Å². The highest BCUT2D eigenvalue weighted by atomic mass is 32.2. The summed E-state index contributed by atoms with van der Waals surface area (Å²) in [6.45, 7) is 2.16. The summed E-state index contributed by atoms with van der Waals surface area (Å²) in [6.07, 6.45) is 3.96. The fourth-order valence-electron chi connectivity index (χ4n) is 3.79. The summed E-state index contributed by atoms with van der Waals surface area (Å²) in [7, 11) is -3.73. The largest absolute Gasteiger partial charge is 0.385 e. The molecular weight excluding hydrogens is 410 g/mol. The van der Waals surface area contributed by atoms with Crippen molar-refractivity contribution < 1.29 is 32.5 Å². The quantitative estimate of drug-likeness (QED) is 0.643. The van der Waals surface area contributed by atoms with Gasteiger partial charge < -0.3 is 24.1 Å². The second-order valence-electron chi connectivity index (χ2n) is 7.50. The molecule has 1 aromatic carbocycles. The Morgan fingerprint density at radius 1 is 0.900 bits per heavy atom. The van der Waals surface area contributed by atoms with E-state index in [4.69, 9.17) is 18.9 Å². The Bertz CT molecular complexity index is 896. The SMILES string of the molecule is O=S(=O)(c1ccccc1)n1ccc(C(O)(CCC2OCCO2)CCC2OCCO2)c1. The Balaban J connectivity index is 1.54. The number of rotatable bonds is 9. The van der Waals surface area contributed by atoms with E-state index in [1.54, 1.807) is 36.4 Å². The van der Waals surface area contributed by atoms with Crippen molar-refractivity contribution in [1.82, 2.24) is 3.97 Å². The van der Waals surface area contributed by atoms with Crippen LogP contribution >= 0.6 is 0 Å². The Kier molecular flexibility index (Phi) is 6.57. The van der Waals surface area contributed by atoms with Crippen molar-refractivity contribution in [3.63, 3.8) is 0 Å². The first kappa shape index (κ1) is 21.5. The molecule has 30 heavy (non-hydrogen) atoms. The van der Waals surface area contributed by atoms with Crippen LogP contribution < -0.4 is 0 Å². The zero-order valence-corrected chi connectivity index (χ0v) is 17.5. The van der Waals surface area contributed by atoms with E-state index in [-0.39, 0.29) is 17.5 Å². The van der Waals surface area contributed by atoms with Crippen LogP contribution in [0.5, 0.6) is 0 Å². The van der Waals surface area contributed by atoms with Gasteiger partial charge in [-0.15, -0.1) is 0 Å². The molecule has 2 aromatic rings. The Morgan fingerprint density at radius 3 is 1.97 bits per heavy atom. The van der Waals surface area contributed by atoms with E-state index < -0.39 is 15.6 Å². The van der Waals surface area contributed by atoms with Gasteiger partial charge in [0.05, 0.1) is 36.9 Å². The van der Waals surface area contributed by atoms with Crippen molar-refractivity contribution in [3.8, 4) is 0 Å². The van der Waals surface area contributed by atoms with Crippen LogP contribution in [0.4, 0.5) is 0 Å². The third-order valence-corrected chi connectivity index (χ3v) is 7.14. The number of ether oxygens (including phenoxy) is 4. The van der Waals surface area contributed by atoms with E-state index in [9.17, 15) is 13.5 Å². The number of hydrogen-bond acceptors (Lipinski definition) is 7. The fourth-order valence-corrected chi connectivity index (χ4v) is 5.01. The zero-order chi connectivity index (χ0) is 21.0. The first-order chi connectivity index (χ1) is 14.5. The normalized spacial score (nSPS) is 19.0. The zero-order valence-electron chi connectivity index (χ0n) is 16.7. The summed E-state index contributed by atoms with van der Waals surface area (Å²) in [5.74, 6) is 0. The molecule has 164 valence electrons. The number of benzene rings is 1. The van der Waals surface area contributed by atoms with Crippen molar-refractivity contribution in [2.75, 3.05) is 26.4 Å². The predicted molar refractivity (Wildman–Crippen MR) is 107 cm³/mol. The van der Waals surface area contributed by atoms with Gasteiger partial charge in [-0.05, 0) is 31.0 Å². The van der Waals surface area contributed by atoms with E-state index in [0.717, 1.165) is 3.97 Å². The summed E-state index contributed by atoms with van der Waals surface area (Å²) in [5, 5.41) is 11.5. The highest BCUT2D eigenvalue weighted by molar-refractivity contribution is 7.90. The number of aromatic nitrogens is 1. The standard InChI is InChI=1S/C21H27NO7S/c23-21(9-6-19-26-12-13-27-19,10-7-20-28-14-15-29-20)17-8-11-22(16-17)30(24,25)18-4-2-1-3-5-18/h1-5,8,11,16,19-20,23H,6-7,9-10,12-15H2. The maximum Gasteiger partial charge on any atom is 0.267 e. The van der Waals surface area contributed by atoms with Gasteiger partial charge in [-0.3, -0.25) is 0 Å². The molecule has 0 saturated carbocycles. The molecule has 0 radical (unpaired) electrons. The minimum atomic E-state index is -3.73. The Morgan fingerprint density at radius 2 is 1.43 bits per heavy atom. The van der Waals surface area contributed by atoms with E-state index in [0.29, 0.717) is 57.7 Å². The van der Waals surface area contributed by atoms with E-state index >= 15 is 0 Å². The van der Waals surface area contributed by atoms with Crippen molar-refractivity contribution in [1.29, 1.82) is 0 Å². The number of nitrogens with zero attached hydrogens (tertiary/aromatic N) is 1. The van der Waals surface area contributed by atoms with Gasteiger partial charge in [0, 0.05) is 30.8 Å². The molecule has 0 bridgehead atoms. The third kappa shape index (κ3) is 4.77. The Hall–Kier alpha value is -1.75. The summed E-state index contributed by atoms with van der Waals surface area (Å²) < 4.78 is 48.9. The van der Waals surface area contributed by atoms with Crippen LogP contribution in [0.2, 0.25) is 0 Å². The van der Waals surface area contributed by atoms with Crippen molar-refractivity contribution in [2.24, 2.45) is 0 Å². The first-order valence-corrected chi connectivity index (χ1v) is 11.6. The lowest BCUT2D eigenvalue weighted by molar-refractivity contribution is -0.0876. The molecular formula is C21H27NO7S. The minimum absolute atomic E-state index is 0.191. The maximum atomic E-state index is 12.9. The molecule has 0 aliphatic carbocycles. The van der Waals surface area contributed by atoms with E-state index in [1.807, 2.05) is 0 Å². The average molecular weight is 438 g/mol. The molecule has 2 aliphatic heterocycles. The molecule has 4 rings (SSSR count). The molecule has 1 N–H and O–H groups in total. The molecule has 8 nitrogen and oxygen atoms in total. The second kappa shape index (κ2) is 9.17. The molecule has 1 aromatic heterocycles. The van der Waals surface area contributed by atoms with E-state index in [1.165, 1.54) is 12.4 Å². The van der Waals surface area contributed by atoms with Gasteiger partial charge >= 0.3 is 0 Å². The maximum absolute atomic E-state index is 12.9. The highest BCUT2D eigenvalue weighted by Gasteiger charge is 2.34. The molecule has 3 heterocycles. The Labute approximate surface area is 176 Å². The number of hydrogen-bond donors (Lipinski definition) is 1. The van der Waals surface area contributed by atoms with Gasteiger partial charge in [0.2, 0.25) is 0 Å². The molecule has 2 saturated heterocycles. The third-order valence-electron chi connectivity index (χ3n) is 5.49. The lowest BCUT2D eigenvalue weighted by atomic mass is 9.86.